The first-order chi connectivity index (χ1) is 11.4. The Morgan fingerprint density at radius 3 is 2.62 bits per heavy atom. The molecule has 0 N–H and O–H groups in total. The fourth-order valence-corrected chi connectivity index (χ4v) is 4.45. The van der Waals surface area contributed by atoms with E-state index in [1.54, 1.807) is 12.3 Å². The number of pyridine rings is 1. The van der Waals surface area contributed by atoms with Crippen molar-refractivity contribution in [3.05, 3.63) is 65.0 Å². The quantitative estimate of drug-likeness (QED) is 0.781. The van der Waals surface area contributed by atoms with Crippen molar-refractivity contribution in [2.24, 2.45) is 0 Å². The van der Waals surface area contributed by atoms with Crippen LogP contribution in [0.15, 0.2) is 42.6 Å². The number of nitrogens with zero attached hydrogens (tertiary/aromatic N) is 2. The maximum absolute atomic E-state index is 12.0. The number of sulfonamides is 1. The summed E-state index contributed by atoms with van der Waals surface area (Å²) in [5.41, 5.74) is 3.33. The summed E-state index contributed by atoms with van der Waals surface area (Å²) < 4.78 is 25.5. The first-order valence-electron chi connectivity index (χ1n) is 7.95. The highest BCUT2D eigenvalue weighted by atomic mass is 32.2. The van der Waals surface area contributed by atoms with Crippen LogP contribution >= 0.6 is 0 Å². The van der Waals surface area contributed by atoms with Gasteiger partial charge in [0, 0.05) is 37.0 Å². The molecule has 0 spiro atoms. The van der Waals surface area contributed by atoms with E-state index in [0.29, 0.717) is 31.5 Å². The van der Waals surface area contributed by atoms with E-state index in [2.05, 4.69) is 4.98 Å². The molecule has 0 amide bonds. The molecular weight excluding hydrogens is 324 g/mol. The standard InChI is InChI=1S/C18H20N2O3S/c1-14(21)17-10-15(12-18-5-2-3-6-19-18)9-16(11-17)13-20-7-4-8-24(20,22)23/h2-3,5-6,9-11H,4,7-8,12-13H2,1H3. The number of hydrogen-bond donors (Lipinski definition) is 0. The zero-order valence-electron chi connectivity index (χ0n) is 13.6. The Labute approximate surface area is 142 Å². The van der Waals surface area contributed by atoms with Gasteiger partial charge in [-0.1, -0.05) is 12.1 Å². The summed E-state index contributed by atoms with van der Waals surface area (Å²) in [7, 11) is -3.15. The summed E-state index contributed by atoms with van der Waals surface area (Å²) >= 11 is 0. The highest BCUT2D eigenvalue weighted by molar-refractivity contribution is 7.89. The minimum atomic E-state index is -3.15. The summed E-state index contributed by atoms with van der Waals surface area (Å²) in [6, 6.07) is 11.3. The van der Waals surface area contributed by atoms with Gasteiger partial charge in [0.15, 0.2) is 5.78 Å². The third kappa shape index (κ3) is 3.88. The molecule has 2 heterocycles. The first kappa shape index (κ1) is 16.8. The Bertz CT molecular complexity index is 848. The lowest BCUT2D eigenvalue weighted by Crippen LogP contribution is -2.25. The van der Waals surface area contributed by atoms with Crippen LogP contribution in [0.25, 0.3) is 0 Å². The molecule has 1 aromatic carbocycles. The number of carbonyl (C=O) groups excluding carboxylic acids is 1. The Kier molecular flexibility index (Phi) is 4.78. The van der Waals surface area contributed by atoms with Crippen molar-refractivity contribution in [1.82, 2.24) is 9.29 Å². The minimum Gasteiger partial charge on any atom is -0.295 e. The second kappa shape index (κ2) is 6.83. The molecule has 0 atom stereocenters. The monoisotopic (exact) mass is 344 g/mol. The molecule has 5 nitrogen and oxygen atoms in total. The smallest absolute Gasteiger partial charge is 0.214 e. The number of hydrogen-bond acceptors (Lipinski definition) is 4. The minimum absolute atomic E-state index is 0.0246. The van der Waals surface area contributed by atoms with Crippen LogP contribution in [0.3, 0.4) is 0 Å². The molecule has 1 aliphatic heterocycles. The van der Waals surface area contributed by atoms with Crippen LogP contribution in [0.2, 0.25) is 0 Å². The Morgan fingerprint density at radius 2 is 2.00 bits per heavy atom. The highest BCUT2D eigenvalue weighted by Crippen LogP contribution is 2.20. The Morgan fingerprint density at radius 1 is 1.21 bits per heavy atom. The van der Waals surface area contributed by atoms with Gasteiger partial charge in [0.25, 0.3) is 0 Å². The average molecular weight is 344 g/mol. The number of carbonyl (C=O) groups is 1. The SMILES string of the molecule is CC(=O)c1cc(Cc2ccccn2)cc(CN2CCCS2(=O)=O)c1. The normalized spacial score (nSPS) is 17.0. The van der Waals surface area contributed by atoms with Gasteiger partial charge in [-0.05, 0) is 48.7 Å². The van der Waals surface area contributed by atoms with Crippen molar-refractivity contribution < 1.29 is 13.2 Å². The number of benzene rings is 1. The zero-order valence-corrected chi connectivity index (χ0v) is 14.4. The maximum atomic E-state index is 12.0. The van der Waals surface area contributed by atoms with Crippen molar-refractivity contribution in [3.8, 4) is 0 Å². The van der Waals surface area contributed by atoms with Crippen LogP contribution in [0, 0.1) is 0 Å². The molecule has 24 heavy (non-hydrogen) atoms. The van der Waals surface area contributed by atoms with E-state index in [4.69, 9.17) is 0 Å². The number of aromatic nitrogens is 1. The molecule has 0 radical (unpaired) electrons. The maximum Gasteiger partial charge on any atom is 0.214 e. The molecule has 6 heteroatoms. The molecule has 3 rings (SSSR count). The van der Waals surface area contributed by atoms with Gasteiger partial charge in [-0.25, -0.2) is 8.42 Å². The second-order valence-electron chi connectivity index (χ2n) is 6.10. The average Bonchev–Trinajstić information content (AvgIpc) is 2.86. The van der Waals surface area contributed by atoms with Gasteiger partial charge in [0.1, 0.15) is 0 Å². The third-order valence-corrected chi connectivity index (χ3v) is 6.04. The van der Waals surface area contributed by atoms with Gasteiger partial charge in [0.05, 0.1) is 5.75 Å². The third-order valence-electron chi connectivity index (χ3n) is 4.13. The lowest BCUT2D eigenvalue weighted by atomic mass is 10.00. The van der Waals surface area contributed by atoms with E-state index < -0.39 is 10.0 Å². The molecule has 0 saturated carbocycles. The van der Waals surface area contributed by atoms with E-state index in [1.807, 2.05) is 30.3 Å². The lowest BCUT2D eigenvalue weighted by molar-refractivity contribution is 0.101. The molecule has 1 saturated heterocycles. The van der Waals surface area contributed by atoms with Gasteiger partial charge in [-0.2, -0.15) is 4.31 Å². The first-order valence-corrected chi connectivity index (χ1v) is 9.56. The molecule has 0 aliphatic carbocycles. The van der Waals surface area contributed by atoms with Crippen LogP contribution in [0.1, 0.15) is 40.5 Å². The van der Waals surface area contributed by atoms with E-state index in [0.717, 1.165) is 16.8 Å². The topological polar surface area (TPSA) is 67.3 Å². The van der Waals surface area contributed by atoms with Gasteiger partial charge >= 0.3 is 0 Å². The fourth-order valence-electron chi connectivity index (χ4n) is 2.94. The van der Waals surface area contributed by atoms with Crippen molar-refractivity contribution in [1.29, 1.82) is 0 Å². The molecule has 2 aromatic rings. The molecule has 0 bridgehead atoms. The summed E-state index contributed by atoms with van der Waals surface area (Å²) in [5, 5.41) is 0. The summed E-state index contributed by atoms with van der Waals surface area (Å²) in [6.45, 7) is 2.39. The largest absolute Gasteiger partial charge is 0.295 e. The fraction of sp³-hybridized carbons (Fsp3) is 0.333. The number of rotatable bonds is 5. The van der Waals surface area contributed by atoms with Crippen LogP contribution in [0.4, 0.5) is 0 Å². The van der Waals surface area contributed by atoms with E-state index in [-0.39, 0.29) is 11.5 Å². The van der Waals surface area contributed by atoms with Gasteiger partial charge < -0.3 is 0 Å². The molecule has 0 unspecified atom stereocenters. The lowest BCUT2D eigenvalue weighted by Gasteiger charge is -2.16. The van der Waals surface area contributed by atoms with Gasteiger partial charge in [-0.15, -0.1) is 0 Å². The van der Waals surface area contributed by atoms with Crippen LogP contribution in [-0.4, -0.2) is 35.8 Å². The summed E-state index contributed by atoms with van der Waals surface area (Å²) in [5.74, 6) is 0.184. The predicted octanol–water partition coefficient (Wildman–Crippen LogP) is 2.41. The molecule has 126 valence electrons. The highest BCUT2D eigenvalue weighted by Gasteiger charge is 2.28. The van der Waals surface area contributed by atoms with E-state index in [1.165, 1.54) is 11.2 Å². The van der Waals surface area contributed by atoms with Gasteiger partial charge in [-0.3, -0.25) is 9.78 Å². The number of ketones is 1. The second-order valence-corrected chi connectivity index (χ2v) is 8.18. The van der Waals surface area contributed by atoms with Crippen molar-refractivity contribution in [2.75, 3.05) is 12.3 Å². The van der Waals surface area contributed by atoms with E-state index >= 15 is 0 Å². The van der Waals surface area contributed by atoms with Crippen LogP contribution < -0.4 is 0 Å². The molecule has 1 aliphatic rings. The molecule has 1 aromatic heterocycles. The van der Waals surface area contributed by atoms with Crippen LogP contribution in [0.5, 0.6) is 0 Å². The summed E-state index contributed by atoms with van der Waals surface area (Å²) in [4.78, 5) is 16.1. The van der Waals surface area contributed by atoms with Crippen molar-refractivity contribution in [3.63, 3.8) is 0 Å². The van der Waals surface area contributed by atoms with Crippen LogP contribution in [-0.2, 0) is 23.0 Å². The van der Waals surface area contributed by atoms with Crippen molar-refractivity contribution in [2.45, 2.75) is 26.3 Å². The predicted molar refractivity (Wildman–Crippen MR) is 92.3 cm³/mol. The number of Topliss-reactive ketones (excluding diaryl/α,β-unsaturated/α-hetero) is 1. The Balaban J connectivity index is 1.90. The Hall–Kier alpha value is -2.05. The molecule has 1 fully saturated rings. The van der Waals surface area contributed by atoms with E-state index in [9.17, 15) is 13.2 Å². The molecular formula is C18H20N2O3S. The van der Waals surface area contributed by atoms with Gasteiger partial charge in [0.2, 0.25) is 10.0 Å². The zero-order chi connectivity index (χ0) is 17.2. The van der Waals surface area contributed by atoms with Crippen molar-refractivity contribution >= 4 is 15.8 Å². The summed E-state index contributed by atoms with van der Waals surface area (Å²) in [6.07, 6.45) is 3.01.